The van der Waals surface area contributed by atoms with Crippen molar-refractivity contribution >= 4 is 11.9 Å². The van der Waals surface area contributed by atoms with Crippen LogP contribution in [0.1, 0.15) is 13.8 Å². The smallest absolute Gasteiger partial charge is 0.241 e. The highest BCUT2D eigenvalue weighted by atomic mass is 15.3. The molecule has 0 saturated carbocycles. The molecule has 8 nitrogen and oxygen atoms in total. The van der Waals surface area contributed by atoms with E-state index in [0.717, 1.165) is 13.1 Å². The van der Waals surface area contributed by atoms with Crippen molar-refractivity contribution in [2.75, 3.05) is 37.8 Å². The van der Waals surface area contributed by atoms with E-state index >= 15 is 0 Å². The first-order valence-electron chi connectivity index (χ1n) is 6.98. The van der Waals surface area contributed by atoms with Crippen LogP contribution < -0.4 is 10.6 Å². The summed E-state index contributed by atoms with van der Waals surface area (Å²) in [6, 6.07) is 0.376. The Kier molecular flexibility index (Phi) is 5.04. The van der Waals surface area contributed by atoms with Gasteiger partial charge in [0.25, 0.3) is 0 Å². The second-order valence-corrected chi connectivity index (χ2v) is 4.98. The molecular formula is C13H22N8. The number of aromatic nitrogens is 5. The average Bonchev–Trinajstić information content (AvgIpc) is 2.99. The summed E-state index contributed by atoms with van der Waals surface area (Å²) in [5.41, 5.74) is 0. The Morgan fingerprint density at radius 1 is 1.19 bits per heavy atom. The third kappa shape index (κ3) is 4.12. The maximum Gasteiger partial charge on any atom is 0.241 e. The van der Waals surface area contributed by atoms with Crippen LogP contribution in [0.4, 0.5) is 11.9 Å². The predicted molar refractivity (Wildman–Crippen MR) is 82.8 cm³/mol. The molecule has 0 aromatic carbocycles. The number of rotatable bonds is 7. The number of anilines is 2. The molecule has 8 heteroatoms. The fraction of sp³-hybridized carbons (Fsp3) is 0.538. The van der Waals surface area contributed by atoms with Gasteiger partial charge in [0.2, 0.25) is 17.8 Å². The van der Waals surface area contributed by atoms with E-state index in [2.05, 4.69) is 42.4 Å². The average molecular weight is 290 g/mol. The zero-order valence-electron chi connectivity index (χ0n) is 12.9. The van der Waals surface area contributed by atoms with Gasteiger partial charge < -0.3 is 15.5 Å². The number of hydrogen-bond donors (Lipinski definition) is 2. The first kappa shape index (κ1) is 15.2. The molecule has 0 aliphatic carbocycles. The first-order chi connectivity index (χ1) is 10.1. The lowest BCUT2D eigenvalue weighted by atomic mass is 10.3. The molecule has 0 radical (unpaired) electrons. The Bertz CT molecular complexity index is 551. The molecule has 0 aliphatic rings. The van der Waals surface area contributed by atoms with Crippen molar-refractivity contribution in [2.45, 2.75) is 19.9 Å². The molecule has 2 N–H and O–H groups in total. The first-order valence-corrected chi connectivity index (χ1v) is 6.98. The van der Waals surface area contributed by atoms with Gasteiger partial charge in [-0.15, -0.1) is 0 Å². The van der Waals surface area contributed by atoms with Gasteiger partial charge in [-0.1, -0.05) is 0 Å². The Labute approximate surface area is 124 Å². The third-order valence-electron chi connectivity index (χ3n) is 3.13. The molecule has 0 fully saturated rings. The summed E-state index contributed by atoms with van der Waals surface area (Å²) in [6.07, 6.45) is 5.16. The molecule has 0 bridgehead atoms. The van der Waals surface area contributed by atoms with Gasteiger partial charge in [-0.2, -0.15) is 15.0 Å². The van der Waals surface area contributed by atoms with Crippen molar-refractivity contribution in [1.82, 2.24) is 29.4 Å². The maximum absolute atomic E-state index is 4.42. The fourth-order valence-corrected chi connectivity index (χ4v) is 1.60. The van der Waals surface area contributed by atoms with Gasteiger partial charge in [0.05, 0.1) is 0 Å². The highest BCUT2D eigenvalue weighted by Gasteiger charge is 2.09. The van der Waals surface area contributed by atoms with E-state index in [4.69, 9.17) is 0 Å². The van der Waals surface area contributed by atoms with Crippen molar-refractivity contribution in [3.63, 3.8) is 0 Å². The van der Waals surface area contributed by atoms with Gasteiger partial charge in [0, 0.05) is 31.5 Å². The minimum absolute atomic E-state index is 0.376. The van der Waals surface area contributed by atoms with Gasteiger partial charge in [-0.3, -0.25) is 4.57 Å². The van der Waals surface area contributed by atoms with Gasteiger partial charge in [0.1, 0.15) is 6.33 Å². The van der Waals surface area contributed by atoms with E-state index in [0.29, 0.717) is 23.9 Å². The quantitative estimate of drug-likeness (QED) is 0.782. The van der Waals surface area contributed by atoms with Crippen LogP contribution >= 0.6 is 0 Å². The van der Waals surface area contributed by atoms with Gasteiger partial charge in [-0.25, -0.2) is 4.98 Å². The summed E-state index contributed by atoms with van der Waals surface area (Å²) in [6.45, 7) is 5.64. The van der Waals surface area contributed by atoms with E-state index in [1.165, 1.54) is 0 Å². The lowest BCUT2D eigenvalue weighted by molar-refractivity contribution is 0.325. The molecule has 0 aliphatic heterocycles. The Morgan fingerprint density at radius 2 is 1.90 bits per heavy atom. The molecule has 0 amide bonds. The van der Waals surface area contributed by atoms with Gasteiger partial charge >= 0.3 is 0 Å². The number of likely N-dealkylation sites (N-methyl/N-ethyl adjacent to an activating group) is 1. The molecule has 114 valence electrons. The highest BCUT2D eigenvalue weighted by Crippen LogP contribution is 2.09. The largest absolute Gasteiger partial charge is 0.354 e. The molecule has 2 rings (SSSR count). The molecular weight excluding hydrogens is 268 g/mol. The van der Waals surface area contributed by atoms with Gasteiger partial charge in [0.15, 0.2) is 0 Å². The molecule has 2 heterocycles. The number of nitrogens with one attached hydrogen (secondary N) is 2. The molecule has 2 aromatic heterocycles. The lowest BCUT2D eigenvalue weighted by Gasteiger charge is -2.20. The zero-order valence-corrected chi connectivity index (χ0v) is 12.9. The van der Waals surface area contributed by atoms with E-state index in [-0.39, 0.29) is 0 Å². The van der Waals surface area contributed by atoms with Crippen molar-refractivity contribution in [3.8, 4) is 5.95 Å². The topological polar surface area (TPSA) is 83.8 Å². The van der Waals surface area contributed by atoms with Crippen LogP contribution in [0.3, 0.4) is 0 Å². The van der Waals surface area contributed by atoms with Crippen molar-refractivity contribution in [3.05, 3.63) is 18.7 Å². The Morgan fingerprint density at radius 3 is 2.48 bits per heavy atom. The maximum atomic E-state index is 4.42. The standard InChI is InChI=1S/C13H22N8/c1-5-15-11-17-12(16-8-10(2)20(3)4)19-13(18-11)21-7-6-14-9-21/h6-7,9-10H,5,8H2,1-4H3,(H2,15,16,17,18,19). The number of imidazole rings is 1. The fourth-order valence-electron chi connectivity index (χ4n) is 1.60. The van der Waals surface area contributed by atoms with Crippen LogP contribution in [0.25, 0.3) is 5.95 Å². The second-order valence-electron chi connectivity index (χ2n) is 4.98. The van der Waals surface area contributed by atoms with Crippen LogP contribution in [-0.4, -0.2) is 62.6 Å². The summed E-state index contributed by atoms with van der Waals surface area (Å²) >= 11 is 0. The molecule has 0 spiro atoms. The van der Waals surface area contributed by atoms with Crippen LogP contribution in [0, 0.1) is 0 Å². The van der Waals surface area contributed by atoms with Crippen LogP contribution in [0.15, 0.2) is 18.7 Å². The zero-order chi connectivity index (χ0) is 15.2. The van der Waals surface area contributed by atoms with Gasteiger partial charge in [-0.05, 0) is 27.9 Å². The molecule has 1 unspecified atom stereocenters. The van der Waals surface area contributed by atoms with Crippen molar-refractivity contribution < 1.29 is 0 Å². The predicted octanol–water partition coefficient (Wildman–Crippen LogP) is 0.851. The number of nitrogens with zero attached hydrogens (tertiary/aromatic N) is 6. The molecule has 1 atom stereocenters. The second kappa shape index (κ2) is 6.98. The lowest BCUT2D eigenvalue weighted by Crippen LogP contribution is -2.32. The monoisotopic (exact) mass is 290 g/mol. The minimum atomic E-state index is 0.376. The van der Waals surface area contributed by atoms with E-state index in [9.17, 15) is 0 Å². The van der Waals surface area contributed by atoms with Crippen molar-refractivity contribution in [2.24, 2.45) is 0 Å². The van der Waals surface area contributed by atoms with E-state index in [1.54, 1.807) is 23.3 Å². The molecule has 0 saturated heterocycles. The van der Waals surface area contributed by atoms with Crippen molar-refractivity contribution in [1.29, 1.82) is 0 Å². The SMILES string of the molecule is CCNc1nc(NCC(C)N(C)C)nc(-n2ccnc2)n1. The minimum Gasteiger partial charge on any atom is -0.354 e. The Balaban J connectivity index is 2.19. The summed E-state index contributed by atoms with van der Waals surface area (Å²) in [5, 5.41) is 6.36. The molecule has 2 aromatic rings. The van der Waals surface area contributed by atoms with Crippen LogP contribution in [0.2, 0.25) is 0 Å². The summed E-state index contributed by atoms with van der Waals surface area (Å²) in [5.74, 6) is 1.65. The summed E-state index contributed by atoms with van der Waals surface area (Å²) < 4.78 is 1.75. The third-order valence-corrected chi connectivity index (χ3v) is 3.13. The highest BCUT2D eigenvalue weighted by molar-refractivity contribution is 5.38. The van der Waals surface area contributed by atoms with E-state index < -0.39 is 0 Å². The van der Waals surface area contributed by atoms with E-state index in [1.807, 2.05) is 21.0 Å². The normalized spacial score (nSPS) is 12.4. The van der Waals surface area contributed by atoms with Crippen LogP contribution in [0.5, 0.6) is 0 Å². The summed E-state index contributed by atoms with van der Waals surface area (Å²) in [7, 11) is 4.08. The Hall–Kier alpha value is -2.22. The molecule has 21 heavy (non-hydrogen) atoms. The summed E-state index contributed by atoms with van der Waals surface area (Å²) in [4.78, 5) is 19.3. The number of hydrogen-bond acceptors (Lipinski definition) is 7. The van der Waals surface area contributed by atoms with Crippen LogP contribution in [-0.2, 0) is 0 Å².